The van der Waals surface area contributed by atoms with Crippen LogP contribution in [0.15, 0.2) is 23.3 Å². The SMILES string of the molecule is CCOC(=O)c1c(NC(=O)N/N=C/c2c(Cl)cccc2Cl)sc2c1CCC(C)C2. The summed E-state index contributed by atoms with van der Waals surface area (Å²) in [4.78, 5) is 25.9. The maximum atomic E-state index is 12.5. The molecular formula is C20H21Cl2N3O3S. The number of nitrogens with zero attached hydrogens (tertiary/aromatic N) is 1. The average Bonchev–Trinajstić information content (AvgIpc) is 3.01. The summed E-state index contributed by atoms with van der Waals surface area (Å²) in [5, 5.41) is 7.95. The first-order valence-electron chi connectivity index (χ1n) is 9.26. The van der Waals surface area contributed by atoms with Crippen molar-refractivity contribution in [3.63, 3.8) is 0 Å². The van der Waals surface area contributed by atoms with Gasteiger partial charge in [-0.2, -0.15) is 5.10 Å². The van der Waals surface area contributed by atoms with Crippen LogP contribution in [0.1, 0.15) is 46.6 Å². The van der Waals surface area contributed by atoms with Crippen molar-refractivity contribution in [1.29, 1.82) is 0 Å². The van der Waals surface area contributed by atoms with Gasteiger partial charge in [0.1, 0.15) is 5.00 Å². The minimum absolute atomic E-state index is 0.272. The predicted octanol–water partition coefficient (Wildman–Crippen LogP) is 5.51. The third kappa shape index (κ3) is 5.10. The van der Waals surface area contributed by atoms with Crippen LogP contribution in [0.25, 0.3) is 0 Å². The molecule has 0 bridgehead atoms. The summed E-state index contributed by atoms with van der Waals surface area (Å²) in [5.41, 5.74) is 4.31. The summed E-state index contributed by atoms with van der Waals surface area (Å²) in [6.07, 6.45) is 4.06. The molecule has 1 aromatic heterocycles. The Bertz CT molecular complexity index is 938. The van der Waals surface area contributed by atoms with E-state index in [1.165, 1.54) is 17.6 Å². The normalized spacial score (nSPS) is 15.8. The third-order valence-electron chi connectivity index (χ3n) is 4.58. The van der Waals surface area contributed by atoms with Crippen molar-refractivity contribution in [2.45, 2.75) is 33.1 Å². The molecule has 29 heavy (non-hydrogen) atoms. The van der Waals surface area contributed by atoms with Gasteiger partial charge in [-0.15, -0.1) is 11.3 Å². The van der Waals surface area contributed by atoms with Crippen molar-refractivity contribution in [1.82, 2.24) is 5.43 Å². The highest BCUT2D eigenvalue weighted by Crippen LogP contribution is 2.40. The highest BCUT2D eigenvalue weighted by Gasteiger charge is 2.29. The molecule has 6 nitrogen and oxygen atoms in total. The molecule has 3 rings (SSSR count). The zero-order valence-corrected chi connectivity index (χ0v) is 18.4. The first-order chi connectivity index (χ1) is 13.9. The van der Waals surface area contributed by atoms with Gasteiger partial charge in [-0.1, -0.05) is 36.2 Å². The number of thiophene rings is 1. The van der Waals surface area contributed by atoms with E-state index in [9.17, 15) is 9.59 Å². The van der Waals surface area contributed by atoms with Gasteiger partial charge in [0.15, 0.2) is 0 Å². The number of anilines is 1. The molecule has 1 unspecified atom stereocenters. The molecule has 1 atom stereocenters. The van der Waals surface area contributed by atoms with Crippen LogP contribution in [-0.2, 0) is 17.6 Å². The van der Waals surface area contributed by atoms with Gasteiger partial charge in [0.25, 0.3) is 0 Å². The quantitative estimate of drug-likeness (QED) is 0.355. The van der Waals surface area contributed by atoms with Gasteiger partial charge in [0.2, 0.25) is 0 Å². The number of nitrogens with one attached hydrogen (secondary N) is 2. The van der Waals surface area contributed by atoms with Gasteiger partial charge >= 0.3 is 12.0 Å². The fourth-order valence-electron chi connectivity index (χ4n) is 3.18. The van der Waals surface area contributed by atoms with E-state index >= 15 is 0 Å². The second kappa shape index (κ2) is 9.61. The molecule has 2 N–H and O–H groups in total. The molecule has 0 spiro atoms. The zero-order valence-electron chi connectivity index (χ0n) is 16.1. The number of esters is 1. The maximum absolute atomic E-state index is 12.5. The zero-order chi connectivity index (χ0) is 21.0. The molecule has 1 aromatic carbocycles. The van der Waals surface area contributed by atoms with Crippen LogP contribution in [-0.4, -0.2) is 24.8 Å². The van der Waals surface area contributed by atoms with Gasteiger partial charge in [-0.3, -0.25) is 5.32 Å². The Balaban J connectivity index is 1.76. The number of rotatable bonds is 5. The first-order valence-corrected chi connectivity index (χ1v) is 10.8. The van der Waals surface area contributed by atoms with Crippen molar-refractivity contribution in [3.8, 4) is 0 Å². The van der Waals surface area contributed by atoms with Crippen LogP contribution in [0, 0.1) is 5.92 Å². The summed E-state index contributed by atoms with van der Waals surface area (Å²) >= 11 is 13.6. The molecular weight excluding hydrogens is 433 g/mol. The molecule has 9 heteroatoms. The van der Waals surface area contributed by atoms with E-state index < -0.39 is 12.0 Å². The molecule has 0 fully saturated rings. The number of hydrazone groups is 1. The van der Waals surface area contributed by atoms with Crippen molar-refractivity contribution in [2.24, 2.45) is 11.0 Å². The van der Waals surface area contributed by atoms with Crippen LogP contribution in [0.4, 0.5) is 9.80 Å². The van der Waals surface area contributed by atoms with E-state index in [-0.39, 0.29) is 6.61 Å². The standard InChI is InChI=1S/C20H21Cl2N3O3S/c1-3-28-19(26)17-12-8-7-11(2)9-16(12)29-18(17)24-20(27)25-23-10-13-14(21)5-4-6-15(13)22/h4-6,10-11H,3,7-9H2,1-2H3,(H2,24,25,27)/b23-10+. The second-order valence-corrected chi connectivity index (χ2v) is 8.66. The Hall–Kier alpha value is -2.09. The van der Waals surface area contributed by atoms with Crippen molar-refractivity contribution >= 4 is 57.8 Å². The third-order valence-corrected chi connectivity index (χ3v) is 6.41. The lowest BCUT2D eigenvalue weighted by Crippen LogP contribution is -2.25. The van der Waals surface area contributed by atoms with Crippen molar-refractivity contribution < 1.29 is 14.3 Å². The van der Waals surface area contributed by atoms with E-state index in [2.05, 4.69) is 22.8 Å². The number of carbonyl (C=O) groups is 2. The Morgan fingerprint density at radius 1 is 1.34 bits per heavy atom. The topological polar surface area (TPSA) is 79.8 Å². The summed E-state index contributed by atoms with van der Waals surface area (Å²) in [5.74, 6) is 0.129. The summed E-state index contributed by atoms with van der Waals surface area (Å²) in [6.45, 7) is 4.21. The molecule has 2 aromatic rings. The molecule has 0 aliphatic heterocycles. The van der Waals surface area contributed by atoms with Gasteiger partial charge in [-0.25, -0.2) is 15.0 Å². The molecule has 0 saturated carbocycles. The number of urea groups is 1. The van der Waals surface area contributed by atoms with E-state index in [1.807, 2.05) is 0 Å². The highest BCUT2D eigenvalue weighted by atomic mass is 35.5. The molecule has 1 aliphatic rings. The van der Waals surface area contributed by atoms with Crippen LogP contribution >= 0.6 is 34.5 Å². The Kier molecular flexibility index (Phi) is 7.16. The fraction of sp³-hybridized carbons (Fsp3) is 0.350. The summed E-state index contributed by atoms with van der Waals surface area (Å²) in [6, 6.07) is 4.51. The minimum atomic E-state index is -0.568. The van der Waals surface area contributed by atoms with E-state index in [1.54, 1.807) is 25.1 Å². The predicted molar refractivity (Wildman–Crippen MR) is 118 cm³/mol. The van der Waals surface area contributed by atoms with E-state index in [0.29, 0.717) is 32.1 Å². The lowest BCUT2D eigenvalue weighted by atomic mass is 9.88. The Morgan fingerprint density at radius 3 is 2.76 bits per heavy atom. The number of amides is 2. The molecule has 2 amide bonds. The maximum Gasteiger partial charge on any atom is 0.341 e. The summed E-state index contributed by atoms with van der Waals surface area (Å²) in [7, 11) is 0. The summed E-state index contributed by atoms with van der Waals surface area (Å²) < 4.78 is 5.20. The van der Waals surface area contributed by atoms with Crippen LogP contribution in [0.3, 0.4) is 0 Å². The number of hydrogen-bond acceptors (Lipinski definition) is 5. The molecule has 0 radical (unpaired) electrons. The monoisotopic (exact) mass is 453 g/mol. The lowest BCUT2D eigenvalue weighted by molar-refractivity contribution is 0.0526. The number of halogens is 2. The van der Waals surface area contributed by atoms with E-state index in [0.717, 1.165) is 29.7 Å². The number of fused-ring (bicyclic) bond motifs is 1. The Morgan fingerprint density at radius 2 is 2.07 bits per heavy atom. The molecule has 154 valence electrons. The minimum Gasteiger partial charge on any atom is -0.462 e. The molecule has 1 heterocycles. The van der Waals surface area contributed by atoms with Crippen molar-refractivity contribution in [3.05, 3.63) is 49.8 Å². The fourth-order valence-corrected chi connectivity index (χ4v) is 5.07. The number of carbonyl (C=O) groups excluding carboxylic acids is 2. The van der Waals surface area contributed by atoms with Crippen molar-refractivity contribution in [2.75, 3.05) is 11.9 Å². The largest absolute Gasteiger partial charge is 0.462 e. The van der Waals surface area contributed by atoms with Crippen LogP contribution in [0.5, 0.6) is 0 Å². The van der Waals surface area contributed by atoms with E-state index in [4.69, 9.17) is 27.9 Å². The van der Waals surface area contributed by atoms with Crippen LogP contribution in [0.2, 0.25) is 10.0 Å². The highest BCUT2D eigenvalue weighted by molar-refractivity contribution is 7.17. The average molecular weight is 454 g/mol. The number of ether oxygens (including phenoxy) is 1. The molecule has 1 aliphatic carbocycles. The second-order valence-electron chi connectivity index (χ2n) is 6.74. The first kappa shape index (κ1) is 21.6. The molecule has 0 saturated heterocycles. The number of hydrogen-bond donors (Lipinski definition) is 2. The van der Waals surface area contributed by atoms with Gasteiger partial charge in [-0.05, 0) is 49.8 Å². The number of benzene rings is 1. The smallest absolute Gasteiger partial charge is 0.341 e. The van der Waals surface area contributed by atoms with Gasteiger partial charge in [0.05, 0.1) is 28.4 Å². The van der Waals surface area contributed by atoms with Crippen LogP contribution < -0.4 is 10.7 Å². The Labute approximate surface area is 183 Å². The lowest BCUT2D eigenvalue weighted by Gasteiger charge is -2.18. The van der Waals surface area contributed by atoms with Gasteiger partial charge in [0, 0.05) is 10.4 Å². The van der Waals surface area contributed by atoms with Gasteiger partial charge < -0.3 is 4.74 Å².